The molecule has 14 rings (SSSR count). The minimum absolute atomic E-state index is 0.652. The lowest BCUT2D eigenvalue weighted by Gasteiger charge is -2.27. The van der Waals surface area contributed by atoms with Gasteiger partial charge in [-0.05, 0) is 206 Å². The molecule has 94 heavy (non-hydrogen) atoms. The Morgan fingerprint density at radius 2 is 0.415 bits per heavy atom. The summed E-state index contributed by atoms with van der Waals surface area (Å²) in [5, 5.41) is 18.4. The molecule has 0 saturated heterocycles. The number of hydrogen-bond donors (Lipinski definition) is 0. The van der Waals surface area contributed by atoms with Crippen LogP contribution in [0.2, 0.25) is 0 Å². The van der Waals surface area contributed by atoms with Crippen molar-refractivity contribution < 1.29 is 0 Å². The molecule has 14 aromatic rings. The second kappa shape index (κ2) is 28.4. The van der Waals surface area contributed by atoms with Crippen LogP contribution in [0.3, 0.4) is 0 Å². The van der Waals surface area contributed by atoms with Crippen molar-refractivity contribution in [1.29, 1.82) is 10.5 Å². The Morgan fingerprint density at radius 1 is 0.181 bits per heavy atom. The molecule has 0 fully saturated rings. The third kappa shape index (κ3) is 13.8. The maximum atomic E-state index is 9.31. The summed E-state index contributed by atoms with van der Waals surface area (Å²) in [6.07, 6.45) is 0. The van der Waals surface area contributed by atoms with Crippen LogP contribution in [-0.4, -0.2) is 14.1 Å². The Bertz CT molecular complexity index is 4740. The third-order valence-electron chi connectivity index (χ3n) is 17.0. The molecule has 0 aliphatic heterocycles. The smallest absolute Gasteiger partial charge is 0.0992 e. The average molecular weight is 1210 g/mol. The number of rotatable bonds is 16. The second-order valence-corrected chi connectivity index (χ2v) is 23.0. The predicted octanol–water partition coefficient (Wildman–Crippen LogP) is 23.6. The standard InChI is InChI=1S/2C44H33N3/c1-46(42-18-8-11-33(29-42)32-45)40-25-21-36(22-26-40)37-23-27-41(28-24-37)47(43-19-9-16-38(30-43)34-12-4-2-5-13-34)44-20-10-17-39(31-44)35-14-6-3-7-15-35;1-46(40-24-18-33(32-45)19-25-40)41-26-20-36(21-27-41)37-22-28-42(29-23-37)47(43-16-8-14-38(30-43)34-10-4-2-5-11-34)44-17-9-15-39(31-44)35-12-6-3-7-13-35/h2*2-31H,1H3. The van der Waals surface area contributed by atoms with Gasteiger partial charge in [-0.25, -0.2) is 0 Å². The van der Waals surface area contributed by atoms with Crippen LogP contribution in [0.15, 0.2) is 364 Å². The Balaban J connectivity index is 0.000000171. The van der Waals surface area contributed by atoms with Crippen molar-refractivity contribution >= 4 is 56.9 Å². The number of nitrogens with zero attached hydrogens (tertiary/aromatic N) is 6. The lowest BCUT2D eigenvalue weighted by Crippen LogP contribution is -2.10. The summed E-state index contributed by atoms with van der Waals surface area (Å²) in [6, 6.07) is 132. The van der Waals surface area contributed by atoms with Gasteiger partial charge in [-0.3, -0.25) is 0 Å². The van der Waals surface area contributed by atoms with E-state index in [1.54, 1.807) is 0 Å². The van der Waals surface area contributed by atoms with Gasteiger partial charge in [0.25, 0.3) is 0 Å². The molecule has 0 N–H and O–H groups in total. The molecule has 0 unspecified atom stereocenters. The first kappa shape index (κ1) is 60.2. The van der Waals surface area contributed by atoms with Crippen LogP contribution in [0, 0.1) is 22.7 Å². The molecule has 6 nitrogen and oxygen atoms in total. The summed E-state index contributed by atoms with van der Waals surface area (Å²) in [7, 11) is 4.06. The maximum Gasteiger partial charge on any atom is 0.0992 e. The van der Waals surface area contributed by atoms with E-state index in [0.29, 0.717) is 11.1 Å². The SMILES string of the molecule is CN(c1ccc(-c2ccc(N(c3cccc(-c4ccccc4)c3)c3cccc(-c4ccccc4)c3)cc2)cc1)c1cccc(C#N)c1.CN(c1ccc(C#N)cc1)c1ccc(-c2ccc(N(c3cccc(-c4ccccc4)c3)c3cccc(-c4ccccc4)c3)cc2)cc1. The van der Waals surface area contributed by atoms with E-state index in [-0.39, 0.29) is 0 Å². The van der Waals surface area contributed by atoms with E-state index in [2.05, 4.69) is 347 Å². The Hall–Kier alpha value is -12.7. The van der Waals surface area contributed by atoms with E-state index >= 15 is 0 Å². The van der Waals surface area contributed by atoms with Crippen molar-refractivity contribution in [3.8, 4) is 78.9 Å². The summed E-state index contributed by atoms with van der Waals surface area (Å²) >= 11 is 0. The number of nitriles is 2. The van der Waals surface area contributed by atoms with Crippen LogP contribution in [-0.2, 0) is 0 Å². The second-order valence-electron chi connectivity index (χ2n) is 23.0. The molecular weight excluding hydrogens is 1140 g/mol. The first-order valence-electron chi connectivity index (χ1n) is 31.4. The lowest BCUT2D eigenvalue weighted by atomic mass is 10.0. The van der Waals surface area contributed by atoms with Gasteiger partial charge in [-0.2, -0.15) is 10.5 Å². The van der Waals surface area contributed by atoms with Gasteiger partial charge in [-0.1, -0.05) is 224 Å². The van der Waals surface area contributed by atoms with Crippen molar-refractivity contribution in [1.82, 2.24) is 0 Å². The van der Waals surface area contributed by atoms with Crippen LogP contribution >= 0.6 is 0 Å². The highest BCUT2D eigenvalue weighted by molar-refractivity contribution is 5.86. The largest absolute Gasteiger partial charge is 0.345 e. The molecular formula is C88H66N6. The van der Waals surface area contributed by atoms with Gasteiger partial charge in [0.1, 0.15) is 0 Å². The molecule has 448 valence electrons. The van der Waals surface area contributed by atoms with Gasteiger partial charge in [-0.15, -0.1) is 0 Å². The zero-order valence-corrected chi connectivity index (χ0v) is 52.3. The topological polar surface area (TPSA) is 60.5 Å². The highest BCUT2D eigenvalue weighted by Crippen LogP contribution is 2.42. The lowest BCUT2D eigenvalue weighted by molar-refractivity contribution is 1.21. The van der Waals surface area contributed by atoms with Gasteiger partial charge in [0.2, 0.25) is 0 Å². The monoisotopic (exact) mass is 1210 g/mol. The van der Waals surface area contributed by atoms with Gasteiger partial charge >= 0.3 is 0 Å². The van der Waals surface area contributed by atoms with Crippen molar-refractivity contribution in [3.63, 3.8) is 0 Å². The van der Waals surface area contributed by atoms with Crippen LogP contribution in [0.25, 0.3) is 66.8 Å². The fraction of sp³-hybridized carbons (Fsp3) is 0.0227. The zero-order chi connectivity index (χ0) is 64.0. The van der Waals surface area contributed by atoms with Gasteiger partial charge in [0.15, 0.2) is 0 Å². The molecule has 0 saturated carbocycles. The Labute approximate surface area is 551 Å². The summed E-state index contributed by atoms with van der Waals surface area (Å²) in [5.74, 6) is 0. The van der Waals surface area contributed by atoms with Crippen LogP contribution in [0.1, 0.15) is 11.1 Å². The molecule has 0 heterocycles. The molecule has 0 atom stereocenters. The summed E-state index contributed by atoms with van der Waals surface area (Å²) < 4.78 is 0. The minimum Gasteiger partial charge on any atom is -0.345 e. The van der Waals surface area contributed by atoms with Gasteiger partial charge in [0.05, 0.1) is 23.3 Å². The predicted molar refractivity (Wildman–Crippen MR) is 393 cm³/mol. The van der Waals surface area contributed by atoms with E-state index < -0.39 is 0 Å². The molecule has 0 spiro atoms. The van der Waals surface area contributed by atoms with E-state index in [9.17, 15) is 5.26 Å². The first-order valence-corrected chi connectivity index (χ1v) is 31.4. The number of hydrogen-bond acceptors (Lipinski definition) is 6. The van der Waals surface area contributed by atoms with Crippen molar-refractivity contribution in [3.05, 3.63) is 375 Å². The quantitative estimate of drug-likeness (QED) is 0.0961. The number of anilines is 10. The van der Waals surface area contributed by atoms with E-state index in [1.807, 2.05) is 62.6 Å². The third-order valence-corrected chi connectivity index (χ3v) is 17.0. The van der Waals surface area contributed by atoms with Crippen molar-refractivity contribution in [2.24, 2.45) is 0 Å². The molecule has 14 aromatic carbocycles. The van der Waals surface area contributed by atoms with E-state index in [1.165, 1.54) is 44.5 Å². The van der Waals surface area contributed by atoms with Crippen molar-refractivity contribution in [2.45, 2.75) is 0 Å². The average Bonchev–Trinajstić information content (AvgIpc) is 0.963. The molecule has 0 bridgehead atoms. The van der Waals surface area contributed by atoms with Crippen molar-refractivity contribution in [2.75, 3.05) is 33.7 Å². The fourth-order valence-electron chi connectivity index (χ4n) is 11.9. The first-order chi connectivity index (χ1) is 46.3. The van der Waals surface area contributed by atoms with Crippen LogP contribution < -0.4 is 19.6 Å². The molecule has 0 amide bonds. The van der Waals surface area contributed by atoms with Crippen LogP contribution in [0.4, 0.5) is 56.9 Å². The normalized spacial score (nSPS) is 10.6. The summed E-state index contributed by atoms with van der Waals surface area (Å²) in [6.45, 7) is 0. The molecule has 6 heteroatoms. The van der Waals surface area contributed by atoms with Gasteiger partial charge in [0, 0.05) is 71.0 Å². The van der Waals surface area contributed by atoms with Gasteiger partial charge < -0.3 is 19.6 Å². The molecule has 0 aliphatic rings. The minimum atomic E-state index is 0.652. The fourth-order valence-corrected chi connectivity index (χ4v) is 11.9. The molecule has 0 aliphatic carbocycles. The van der Waals surface area contributed by atoms with E-state index in [0.717, 1.165) is 79.1 Å². The molecule has 0 aromatic heterocycles. The maximum absolute atomic E-state index is 9.31. The highest BCUT2D eigenvalue weighted by Gasteiger charge is 2.18. The summed E-state index contributed by atoms with van der Waals surface area (Å²) in [5.41, 5.74) is 26.1. The van der Waals surface area contributed by atoms with E-state index in [4.69, 9.17) is 5.26 Å². The Morgan fingerprint density at radius 3 is 0.713 bits per heavy atom. The zero-order valence-electron chi connectivity index (χ0n) is 52.3. The Kier molecular flexibility index (Phi) is 18.2. The van der Waals surface area contributed by atoms with Crippen LogP contribution in [0.5, 0.6) is 0 Å². The highest BCUT2D eigenvalue weighted by atomic mass is 15.1. The number of benzene rings is 14. The summed E-state index contributed by atoms with van der Waals surface area (Å²) in [4.78, 5) is 8.88. The molecule has 0 radical (unpaired) electrons.